The molecule has 8 heteroatoms. The first kappa shape index (κ1) is 26.3. The molecular weight excluding hydrogens is 466 g/mol. The minimum atomic E-state index is -3.73. The third kappa shape index (κ3) is 6.33. The Balaban J connectivity index is 1.67. The molecule has 0 amide bonds. The van der Waals surface area contributed by atoms with E-state index in [4.69, 9.17) is 8.92 Å². The van der Waals surface area contributed by atoms with E-state index >= 15 is 0 Å². The van der Waals surface area contributed by atoms with Crippen LogP contribution in [0, 0.1) is 23.2 Å². The molecule has 4 aliphatic carbocycles. The second-order valence-electron chi connectivity index (χ2n) is 12.1. The molecule has 0 aromatic heterocycles. The minimum absolute atomic E-state index is 0.0328. The Hall–Kier alpha value is -1.77. The summed E-state index contributed by atoms with van der Waals surface area (Å²) in [6.45, 7) is 7.55. The molecule has 1 aromatic carbocycles. The summed E-state index contributed by atoms with van der Waals surface area (Å²) in [6, 6.07) is 5.34. The van der Waals surface area contributed by atoms with E-state index in [0.717, 1.165) is 25.5 Å². The topological polar surface area (TPSA) is 98.8 Å². The molecule has 1 aromatic rings. The fourth-order valence-corrected chi connectivity index (χ4v) is 7.43. The molecule has 35 heavy (non-hydrogen) atoms. The highest BCUT2D eigenvalue weighted by molar-refractivity contribution is 7.86. The van der Waals surface area contributed by atoms with Gasteiger partial charge in [0, 0.05) is 35.5 Å². The second-order valence-corrected chi connectivity index (χ2v) is 13.7. The lowest BCUT2D eigenvalue weighted by atomic mass is 9.48. The van der Waals surface area contributed by atoms with Crippen molar-refractivity contribution in [3.63, 3.8) is 0 Å². The molecule has 0 heterocycles. The molecule has 1 N–H and O–H groups in total. The van der Waals surface area contributed by atoms with Crippen LogP contribution in [-0.2, 0) is 30.4 Å². The van der Waals surface area contributed by atoms with Gasteiger partial charge in [0.05, 0.1) is 6.26 Å². The first-order valence-corrected chi connectivity index (χ1v) is 14.5. The molecule has 194 valence electrons. The SMILES string of the molecule is CC(=O)OCc1cc(C(CNC(C)(C)C)OS(C)(=O)=O)ccc1C(=O)C12CC3CC(CC(C3)C1)C2. The van der Waals surface area contributed by atoms with Crippen LogP contribution in [0.15, 0.2) is 18.2 Å². The lowest BCUT2D eigenvalue weighted by molar-refractivity contribution is -0.142. The first-order chi connectivity index (χ1) is 16.2. The number of hydrogen-bond acceptors (Lipinski definition) is 7. The number of nitrogens with one attached hydrogen (secondary N) is 1. The fourth-order valence-electron chi connectivity index (χ4n) is 6.83. The number of carbonyl (C=O) groups is 2. The largest absolute Gasteiger partial charge is 0.461 e. The van der Waals surface area contributed by atoms with Crippen LogP contribution in [0.2, 0.25) is 0 Å². The van der Waals surface area contributed by atoms with Gasteiger partial charge in [-0.25, -0.2) is 0 Å². The summed E-state index contributed by atoms with van der Waals surface area (Å²) in [5.41, 5.74) is 1.25. The molecule has 4 bridgehead atoms. The van der Waals surface area contributed by atoms with E-state index in [0.29, 0.717) is 34.4 Å². The van der Waals surface area contributed by atoms with E-state index in [1.165, 1.54) is 26.2 Å². The molecule has 0 spiro atoms. The van der Waals surface area contributed by atoms with Crippen molar-refractivity contribution in [3.8, 4) is 0 Å². The van der Waals surface area contributed by atoms with Gasteiger partial charge in [-0.3, -0.25) is 13.8 Å². The Labute approximate surface area is 209 Å². The molecule has 0 saturated heterocycles. The summed E-state index contributed by atoms with van der Waals surface area (Å²) >= 11 is 0. The summed E-state index contributed by atoms with van der Waals surface area (Å²) in [7, 11) is -3.73. The van der Waals surface area contributed by atoms with E-state index < -0.39 is 22.2 Å². The Morgan fingerprint density at radius 1 is 1.09 bits per heavy atom. The normalized spacial score (nSPS) is 28.7. The van der Waals surface area contributed by atoms with Crippen LogP contribution in [0.4, 0.5) is 0 Å². The van der Waals surface area contributed by atoms with Crippen LogP contribution >= 0.6 is 0 Å². The number of rotatable bonds is 9. The molecule has 1 unspecified atom stereocenters. The van der Waals surface area contributed by atoms with Crippen molar-refractivity contribution in [1.82, 2.24) is 5.32 Å². The zero-order valence-corrected chi connectivity index (χ0v) is 22.4. The number of benzene rings is 1. The Morgan fingerprint density at radius 2 is 1.66 bits per heavy atom. The Morgan fingerprint density at radius 3 is 2.14 bits per heavy atom. The van der Waals surface area contributed by atoms with Gasteiger partial charge in [-0.15, -0.1) is 0 Å². The molecule has 0 radical (unpaired) electrons. The van der Waals surface area contributed by atoms with Crippen LogP contribution in [0.5, 0.6) is 0 Å². The standard InChI is InChI=1S/C27H39NO6S/c1-17(29)33-16-22-11-21(24(34-35(5,31)32)15-28-26(2,3)4)6-7-23(22)25(30)27-12-18-8-19(13-27)10-20(9-18)14-27/h6-7,11,18-20,24,28H,8-10,12-16H2,1-5H3. The number of hydrogen-bond donors (Lipinski definition) is 1. The second kappa shape index (κ2) is 9.60. The molecular formula is C27H39NO6S. The van der Waals surface area contributed by atoms with Crippen molar-refractivity contribution in [1.29, 1.82) is 0 Å². The maximum atomic E-state index is 14.1. The molecule has 7 nitrogen and oxygen atoms in total. The average molecular weight is 506 g/mol. The molecule has 4 aliphatic rings. The van der Waals surface area contributed by atoms with Crippen molar-refractivity contribution in [2.45, 2.75) is 84.5 Å². The van der Waals surface area contributed by atoms with Crippen molar-refractivity contribution >= 4 is 21.9 Å². The van der Waals surface area contributed by atoms with Gasteiger partial charge in [-0.2, -0.15) is 8.42 Å². The Kier molecular flexibility index (Phi) is 7.21. The number of Topliss-reactive ketones (excluding diaryl/α,β-unsaturated/α-hetero) is 1. The van der Waals surface area contributed by atoms with E-state index in [1.54, 1.807) is 18.2 Å². The quantitative estimate of drug-likeness (QED) is 0.298. The summed E-state index contributed by atoms with van der Waals surface area (Å²) < 4.78 is 34.7. The van der Waals surface area contributed by atoms with Gasteiger partial charge >= 0.3 is 5.97 Å². The van der Waals surface area contributed by atoms with Crippen LogP contribution in [0.25, 0.3) is 0 Å². The van der Waals surface area contributed by atoms with E-state index in [2.05, 4.69) is 5.32 Å². The third-order valence-corrected chi connectivity index (χ3v) is 8.39. The predicted molar refractivity (Wildman–Crippen MR) is 133 cm³/mol. The highest BCUT2D eigenvalue weighted by Gasteiger charge is 2.54. The van der Waals surface area contributed by atoms with Crippen molar-refractivity contribution in [3.05, 3.63) is 34.9 Å². The van der Waals surface area contributed by atoms with Crippen LogP contribution in [-0.4, -0.2) is 38.5 Å². The van der Waals surface area contributed by atoms with Crippen LogP contribution in [0.1, 0.15) is 93.8 Å². The van der Waals surface area contributed by atoms with Gasteiger partial charge in [0.15, 0.2) is 5.78 Å². The predicted octanol–water partition coefficient (Wildman–Crippen LogP) is 4.55. The van der Waals surface area contributed by atoms with E-state index in [1.807, 2.05) is 20.8 Å². The van der Waals surface area contributed by atoms with Crippen LogP contribution in [0.3, 0.4) is 0 Å². The maximum Gasteiger partial charge on any atom is 0.302 e. The zero-order valence-electron chi connectivity index (χ0n) is 21.6. The maximum absolute atomic E-state index is 14.1. The first-order valence-electron chi connectivity index (χ1n) is 12.7. The highest BCUT2D eigenvalue weighted by atomic mass is 32.2. The van der Waals surface area contributed by atoms with Crippen molar-refractivity contribution in [2.75, 3.05) is 12.8 Å². The Bertz CT molecular complexity index is 1050. The molecule has 4 fully saturated rings. The number of esters is 1. The molecule has 1 atom stereocenters. The van der Waals surface area contributed by atoms with Gasteiger partial charge in [0.1, 0.15) is 12.7 Å². The third-order valence-electron chi connectivity index (χ3n) is 7.81. The molecule has 4 saturated carbocycles. The molecule has 5 rings (SSSR count). The van der Waals surface area contributed by atoms with Gasteiger partial charge in [0.25, 0.3) is 10.1 Å². The van der Waals surface area contributed by atoms with Gasteiger partial charge in [-0.05, 0) is 88.7 Å². The summed E-state index contributed by atoms with van der Waals surface area (Å²) in [6.07, 6.45) is 6.84. The monoisotopic (exact) mass is 505 g/mol. The van der Waals surface area contributed by atoms with Crippen molar-refractivity contribution < 1.29 is 26.9 Å². The van der Waals surface area contributed by atoms with E-state index in [9.17, 15) is 18.0 Å². The van der Waals surface area contributed by atoms with E-state index in [-0.39, 0.29) is 29.9 Å². The number of ether oxygens (including phenoxy) is 1. The van der Waals surface area contributed by atoms with Crippen molar-refractivity contribution in [2.24, 2.45) is 23.2 Å². The van der Waals surface area contributed by atoms with Gasteiger partial charge in [-0.1, -0.05) is 12.1 Å². The average Bonchev–Trinajstić information content (AvgIpc) is 2.72. The minimum Gasteiger partial charge on any atom is -0.461 e. The zero-order chi connectivity index (χ0) is 25.6. The lowest BCUT2D eigenvalue weighted by Crippen LogP contribution is -2.50. The number of ketones is 1. The van der Waals surface area contributed by atoms with Gasteiger partial charge in [0.2, 0.25) is 0 Å². The summed E-state index contributed by atoms with van der Waals surface area (Å²) in [5.74, 6) is 1.63. The highest BCUT2D eigenvalue weighted by Crippen LogP contribution is 2.61. The van der Waals surface area contributed by atoms with Gasteiger partial charge < -0.3 is 10.1 Å². The lowest BCUT2D eigenvalue weighted by Gasteiger charge is -2.56. The summed E-state index contributed by atoms with van der Waals surface area (Å²) in [4.78, 5) is 25.7. The summed E-state index contributed by atoms with van der Waals surface area (Å²) in [5, 5.41) is 3.30. The molecule has 0 aliphatic heterocycles. The van der Waals surface area contributed by atoms with Crippen LogP contribution < -0.4 is 5.32 Å². The number of carbonyl (C=O) groups excluding carboxylic acids is 2. The fraction of sp³-hybridized carbons (Fsp3) is 0.704. The smallest absolute Gasteiger partial charge is 0.302 e.